The second-order valence-corrected chi connectivity index (χ2v) is 13.2. The maximum Gasteiger partial charge on any atom is 0.251 e. The zero-order chi connectivity index (χ0) is 23.6. The van der Waals surface area contributed by atoms with Gasteiger partial charge in [0.25, 0.3) is 5.91 Å². The van der Waals surface area contributed by atoms with Crippen LogP contribution in [-0.4, -0.2) is 49.2 Å². The first-order chi connectivity index (χ1) is 17.1. The Bertz CT molecular complexity index is 947. The zero-order valence-corrected chi connectivity index (χ0v) is 21.6. The van der Waals surface area contributed by atoms with Gasteiger partial charge in [0.1, 0.15) is 0 Å². The molecule has 4 nitrogen and oxygen atoms in total. The summed E-state index contributed by atoms with van der Waals surface area (Å²) in [6.07, 6.45) is 16.6. The van der Waals surface area contributed by atoms with Crippen molar-refractivity contribution in [3.63, 3.8) is 0 Å². The lowest BCUT2D eigenvalue weighted by atomic mass is 9.38. The van der Waals surface area contributed by atoms with Crippen molar-refractivity contribution in [2.24, 2.45) is 34.5 Å². The topological polar surface area (TPSA) is 41.6 Å². The summed E-state index contributed by atoms with van der Waals surface area (Å²) in [6.45, 7) is 2.65. The Labute approximate surface area is 211 Å². The number of amides is 1. The first-order valence-electron chi connectivity index (χ1n) is 14.8. The third-order valence-electron chi connectivity index (χ3n) is 12.3. The summed E-state index contributed by atoms with van der Waals surface area (Å²) in [7, 11) is 1.93. The molecule has 8 atom stereocenters. The molecule has 0 radical (unpaired) electrons. The smallest absolute Gasteiger partial charge is 0.251 e. The van der Waals surface area contributed by atoms with Gasteiger partial charge in [0, 0.05) is 31.3 Å². The largest absolute Gasteiger partial charge is 0.381 e. The lowest BCUT2D eigenvalue weighted by molar-refractivity contribution is -0.226. The highest BCUT2D eigenvalue weighted by atomic mass is 16.5. The number of ether oxygens (including phenoxy) is 1. The van der Waals surface area contributed by atoms with Crippen molar-refractivity contribution in [2.45, 2.75) is 95.2 Å². The Morgan fingerprint density at radius 3 is 2.60 bits per heavy atom. The molecule has 4 bridgehead atoms. The Morgan fingerprint density at radius 2 is 1.83 bits per heavy atom. The van der Waals surface area contributed by atoms with Crippen LogP contribution in [0.1, 0.15) is 87.4 Å². The molecule has 1 aliphatic heterocycles. The van der Waals surface area contributed by atoms with Crippen molar-refractivity contribution in [1.82, 2.24) is 10.2 Å². The normalized spacial score (nSPS) is 44.7. The number of rotatable bonds is 5. The fraction of sp³-hybridized carbons (Fsp3) is 0.774. The lowest BCUT2D eigenvalue weighted by Gasteiger charge is -2.71. The van der Waals surface area contributed by atoms with E-state index in [1.165, 1.54) is 90.1 Å². The van der Waals surface area contributed by atoms with Crippen molar-refractivity contribution in [2.75, 3.05) is 20.2 Å². The van der Waals surface area contributed by atoms with Crippen LogP contribution < -0.4 is 5.32 Å². The van der Waals surface area contributed by atoms with Crippen LogP contribution in [0.5, 0.6) is 0 Å². The van der Waals surface area contributed by atoms with Gasteiger partial charge in [-0.1, -0.05) is 24.6 Å². The van der Waals surface area contributed by atoms with E-state index >= 15 is 0 Å². The second kappa shape index (κ2) is 8.58. The number of hydrogen-bond acceptors (Lipinski definition) is 3. The summed E-state index contributed by atoms with van der Waals surface area (Å²) in [6, 6.07) is 11.0. The molecule has 1 aromatic carbocycles. The summed E-state index contributed by atoms with van der Waals surface area (Å²) >= 11 is 0. The maximum absolute atomic E-state index is 13.3. The number of methoxy groups -OCH3 is 1. The molecule has 6 aliphatic rings. The van der Waals surface area contributed by atoms with Crippen molar-refractivity contribution in [1.29, 1.82) is 0 Å². The van der Waals surface area contributed by atoms with E-state index in [9.17, 15) is 4.79 Å². The van der Waals surface area contributed by atoms with Crippen LogP contribution in [0.25, 0.3) is 0 Å². The summed E-state index contributed by atoms with van der Waals surface area (Å²) in [4.78, 5) is 16.3. The van der Waals surface area contributed by atoms with Gasteiger partial charge in [-0.15, -0.1) is 0 Å². The van der Waals surface area contributed by atoms with Crippen LogP contribution in [0.2, 0.25) is 0 Å². The minimum absolute atomic E-state index is 0.135. The maximum atomic E-state index is 13.3. The minimum Gasteiger partial charge on any atom is -0.381 e. The van der Waals surface area contributed by atoms with E-state index in [1.807, 2.05) is 37.4 Å². The van der Waals surface area contributed by atoms with Gasteiger partial charge in [-0.05, 0) is 124 Å². The summed E-state index contributed by atoms with van der Waals surface area (Å²) < 4.78 is 6.01. The van der Waals surface area contributed by atoms with E-state index in [1.54, 1.807) is 0 Å². The van der Waals surface area contributed by atoms with Crippen LogP contribution in [0.4, 0.5) is 0 Å². The average Bonchev–Trinajstić information content (AvgIpc) is 3.12. The highest BCUT2D eigenvalue weighted by Gasteiger charge is 2.74. The van der Waals surface area contributed by atoms with Gasteiger partial charge in [-0.25, -0.2) is 0 Å². The Balaban J connectivity index is 1.23. The average molecular weight is 477 g/mol. The number of nitrogens with one attached hydrogen (secondary N) is 1. The molecule has 1 aromatic rings. The minimum atomic E-state index is 0.135. The number of hydrogen-bond donors (Lipinski definition) is 1. The van der Waals surface area contributed by atoms with Gasteiger partial charge in [0.15, 0.2) is 0 Å². The van der Waals surface area contributed by atoms with E-state index in [4.69, 9.17) is 4.74 Å². The van der Waals surface area contributed by atoms with Crippen molar-refractivity contribution >= 4 is 5.91 Å². The molecule has 190 valence electrons. The first-order valence-corrected chi connectivity index (χ1v) is 14.8. The predicted octanol–water partition coefficient (Wildman–Crippen LogP) is 5.67. The molecule has 0 spiro atoms. The third kappa shape index (κ3) is 3.27. The molecule has 8 unspecified atom stereocenters. The highest BCUT2D eigenvalue weighted by Crippen LogP contribution is 2.77. The Kier molecular flexibility index (Phi) is 5.59. The number of likely N-dealkylation sites (tertiary alicyclic amines) is 1. The summed E-state index contributed by atoms with van der Waals surface area (Å²) in [5, 5.41) is 3.59. The van der Waals surface area contributed by atoms with Crippen molar-refractivity contribution in [3.8, 4) is 0 Å². The van der Waals surface area contributed by atoms with Gasteiger partial charge in [-0.3, -0.25) is 9.69 Å². The van der Waals surface area contributed by atoms with Gasteiger partial charge in [-0.2, -0.15) is 0 Å². The van der Waals surface area contributed by atoms with Crippen LogP contribution in [-0.2, 0) is 4.74 Å². The van der Waals surface area contributed by atoms with Crippen molar-refractivity contribution < 1.29 is 9.53 Å². The van der Waals surface area contributed by atoms with Gasteiger partial charge in [0.05, 0.1) is 6.10 Å². The van der Waals surface area contributed by atoms with Crippen LogP contribution in [0.3, 0.4) is 0 Å². The van der Waals surface area contributed by atoms with E-state index in [-0.39, 0.29) is 5.91 Å². The number of benzene rings is 1. The van der Waals surface area contributed by atoms with Crippen LogP contribution in [0.15, 0.2) is 30.3 Å². The first kappa shape index (κ1) is 22.8. The number of carbonyl (C=O) groups excluding carboxylic acids is 1. The summed E-state index contributed by atoms with van der Waals surface area (Å²) in [5.74, 6) is 3.37. The molecular formula is C31H44N2O2. The van der Waals surface area contributed by atoms with E-state index in [0.29, 0.717) is 28.9 Å². The molecule has 1 N–H and O–H groups in total. The lowest BCUT2D eigenvalue weighted by Crippen LogP contribution is -2.72. The zero-order valence-electron chi connectivity index (χ0n) is 21.6. The number of carbonyl (C=O) groups is 1. The molecule has 0 aromatic heterocycles. The van der Waals surface area contributed by atoms with Gasteiger partial charge in [0.2, 0.25) is 0 Å². The molecule has 5 saturated carbocycles. The molecule has 4 heteroatoms. The van der Waals surface area contributed by atoms with E-state index in [2.05, 4.69) is 10.2 Å². The quantitative estimate of drug-likeness (QED) is 0.595. The third-order valence-corrected chi connectivity index (χ3v) is 12.3. The molecule has 6 fully saturated rings. The molecule has 1 saturated heterocycles. The monoisotopic (exact) mass is 476 g/mol. The molecule has 1 amide bonds. The highest BCUT2D eigenvalue weighted by molar-refractivity contribution is 5.94. The summed E-state index contributed by atoms with van der Waals surface area (Å²) in [5.41, 5.74) is 1.69. The fourth-order valence-electron chi connectivity index (χ4n) is 10.8. The number of fused-ring (bicyclic) bond motifs is 1. The second-order valence-electron chi connectivity index (χ2n) is 13.2. The van der Waals surface area contributed by atoms with Gasteiger partial charge >= 0.3 is 0 Å². The SMILES string of the molecule is COC1CCC2CC3N(CC4CCC4)CCC4(C2C1)C1CCC34CCC1NC(=O)c1ccccc1. The fourth-order valence-corrected chi connectivity index (χ4v) is 10.8. The van der Waals surface area contributed by atoms with Crippen LogP contribution >= 0.6 is 0 Å². The number of nitrogens with zero attached hydrogens (tertiary/aromatic N) is 1. The van der Waals surface area contributed by atoms with Crippen LogP contribution in [0, 0.1) is 34.5 Å². The molecule has 5 aliphatic carbocycles. The molecular weight excluding hydrogens is 432 g/mol. The molecule has 1 heterocycles. The van der Waals surface area contributed by atoms with Crippen molar-refractivity contribution in [3.05, 3.63) is 35.9 Å². The Morgan fingerprint density at radius 1 is 1.00 bits per heavy atom. The van der Waals surface area contributed by atoms with Gasteiger partial charge < -0.3 is 10.1 Å². The number of piperidine rings is 1. The standard InChI is InChI=1S/C31H44N2O2/c1-35-24-11-10-23-18-28-30-14-12-25(27(13-15-30)32-29(34)22-8-3-2-4-9-22)31(30,26(23)19-24)16-17-33(28)20-21-6-5-7-21/h2-4,8-9,21,23-28H,5-7,10-20H2,1H3,(H,32,34). The van der Waals surface area contributed by atoms with E-state index in [0.717, 1.165) is 29.4 Å². The predicted molar refractivity (Wildman–Crippen MR) is 138 cm³/mol. The molecule has 35 heavy (non-hydrogen) atoms. The molecule has 7 rings (SSSR count). The Hall–Kier alpha value is -1.39. The van der Waals surface area contributed by atoms with E-state index < -0.39 is 0 Å².